The molecule has 0 spiro atoms. The molecule has 1 aliphatic heterocycles. The predicted molar refractivity (Wildman–Crippen MR) is 112 cm³/mol. The predicted octanol–water partition coefficient (Wildman–Crippen LogP) is 2.11. The van der Waals surface area contributed by atoms with E-state index in [-0.39, 0.29) is 5.56 Å². The first-order valence-corrected chi connectivity index (χ1v) is 9.65. The number of fused-ring (bicyclic) bond motifs is 1. The summed E-state index contributed by atoms with van der Waals surface area (Å²) in [4.78, 5) is 21.1. The van der Waals surface area contributed by atoms with Crippen LogP contribution in [0, 0.1) is 6.92 Å². The van der Waals surface area contributed by atoms with Gasteiger partial charge in [-0.15, -0.1) is 0 Å². The Morgan fingerprint density at radius 1 is 1.00 bits per heavy atom. The molecule has 0 unspecified atom stereocenters. The molecule has 146 valence electrons. The molecular formula is C21H21N7O. The van der Waals surface area contributed by atoms with Gasteiger partial charge in [-0.1, -0.05) is 30.3 Å². The zero-order chi connectivity index (χ0) is 19.8. The number of benzene rings is 1. The molecule has 0 aliphatic carbocycles. The van der Waals surface area contributed by atoms with Gasteiger partial charge in [-0.05, 0) is 13.0 Å². The molecule has 0 atom stereocenters. The van der Waals surface area contributed by atoms with Gasteiger partial charge < -0.3 is 9.80 Å². The number of aromatic nitrogens is 5. The van der Waals surface area contributed by atoms with Gasteiger partial charge >= 0.3 is 0 Å². The van der Waals surface area contributed by atoms with Crippen molar-refractivity contribution in [3.05, 3.63) is 70.9 Å². The van der Waals surface area contributed by atoms with Crippen molar-refractivity contribution in [3.63, 3.8) is 0 Å². The molecule has 29 heavy (non-hydrogen) atoms. The summed E-state index contributed by atoms with van der Waals surface area (Å²) in [6.07, 6.45) is 3.66. The lowest BCUT2D eigenvalue weighted by molar-refractivity contribution is 0.646. The van der Waals surface area contributed by atoms with E-state index in [1.165, 1.54) is 0 Å². The third kappa shape index (κ3) is 3.22. The fourth-order valence-corrected chi connectivity index (χ4v) is 3.88. The fourth-order valence-electron chi connectivity index (χ4n) is 3.88. The monoisotopic (exact) mass is 387 g/mol. The molecule has 1 saturated heterocycles. The largest absolute Gasteiger partial charge is 0.366 e. The van der Waals surface area contributed by atoms with Crippen molar-refractivity contribution in [2.45, 2.75) is 6.92 Å². The maximum Gasteiger partial charge on any atom is 0.266 e. The highest BCUT2D eigenvalue weighted by atomic mass is 16.1. The van der Waals surface area contributed by atoms with Crippen LogP contribution in [0.25, 0.3) is 16.8 Å². The third-order valence-corrected chi connectivity index (χ3v) is 5.25. The van der Waals surface area contributed by atoms with Crippen molar-refractivity contribution in [2.75, 3.05) is 36.0 Å². The average Bonchev–Trinajstić information content (AvgIpc) is 3.15. The van der Waals surface area contributed by atoms with Crippen LogP contribution >= 0.6 is 0 Å². The molecule has 1 aromatic carbocycles. The van der Waals surface area contributed by atoms with Crippen LogP contribution in [0.3, 0.4) is 0 Å². The van der Waals surface area contributed by atoms with Gasteiger partial charge in [0, 0.05) is 50.2 Å². The second kappa shape index (κ2) is 7.05. The number of rotatable bonds is 3. The average molecular weight is 387 g/mol. The Bertz CT molecular complexity index is 1210. The molecule has 8 nitrogen and oxygen atoms in total. The number of anilines is 2. The van der Waals surface area contributed by atoms with Crippen LogP contribution in [0.4, 0.5) is 11.5 Å². The third-order valence-electron chi connectivity index (χ3n) is 5.25. The summed E-state index contributed by atoms with van der Waals surface area (Å²) >= 11 is 0. The number of aromatic amines is 1. The maximum absolute atomic E-state index is 12.0. The van der Waals surface area contributed by atoms with Gasteiger partial charge in [-0.25, -0.2) is 14.6 Å². The lowest BCUT2D eigenvalue weighted by Gasteiger charge is -2.37. The molecule has 3 aromatic heterocycles. The van der Waals surface area contributed by atoms with Gasteiger partial charge in [0.1, 0.15) is 11.2 Å². The summed E-state index contributed by atoms with van der Waals surface area (Å²) in [6, 6.07) is 13.6. The van der Waals surface area contributed by atoms with Crippen molar-refractivity contribution in [3.8, 4) is 11.3 Å². The van der Waals surface area contributed by atoms with Crippen LogP contribution in [0.5, 0.6) is 0 Å². The number of H-pyrrole nitrogens is 1. The van der Waals surface area contributed by atoms with Gasteiger partial charge in [0.25, 0.3) is 5.56 Å². The second-order valence-corrected chi connectivity index (χ2v) is 7.17. The lowest BCUT2D eigenvalue weighted by atomic mass is 10.1. The van der Waals surface area contributed by atoms with E-state index in [1.54, 1.807) is 12.3 Å². The summed E-state index contributed by atoms with van der Waals surface area (Å²) in [5, 5.41) is 11.4. The van der Waals surface area contributed by atoms with E-state index in [9.17, 15) is 4.79 Å². The zero-order valence-corrected chi connectivity index (χ0v) is 16.1. The van der Waals surface area contributed by atoms with Crippen LogP contribution in [-0.4, -0.2) is 51.0 Å². The molecule has 0 amide bonds. The Labute approximate surface area is 167 Å². The van der Waals surface area contributed by atoms with Gasteiger partial charge in [-0.2, -0.15) is 10.2 Å². The minimum absolute atomic E-state index is 0.191. The standard InChI is InChI=1S/C21H21N7O/c1-15-13-18-21(22-7-8-28(18)25-15)27-11-9-26(10-12-27)17-14-19(29)23-24-20(17)16-5-3-2-4-6-16/h2-8,13-14H,9-12H2,1H3,(H,23,29). The normalized spacial score (nSPS) is 14.5. The molecule has 0 bridgehead atoms. The smallest absolute Gasteiger partial charge is 0.266 e. The van der Waals surface area contributed by atoms with Crippen molar-refractivity contribution in [2.24, 2.45) is 0 Å². The number of piperazine rings is 1. The minimum atomic E-state index is -0.191. The van der Waals surface area contributed by atoms with E-state index in [4.69, 9.17) is 0 Å². The topological polar surface area (TPSA) is 82.4 Å². The Balaban J connectivity index is 1.43. The number of hydrogen-bond donors (Lipinski definition) is 1. The summed E-state index contributed by atoms with van der Waals surface area (Å²) in [6.45, 7) is 5.15. The molecule has 0 saturated carbocycles. The first kappa shape index (κ1) is 17.4. The summed E-state index contributed by atoms with van der Waals surface area (Å²) < 4.78 is 1.87. The SMILES string of the molecule is Cc1cc2c(N3CCN(c4cc(=O)[nH]nc4-c4ccccc4)CC3)nccn2n1. The fraction of sp³-hybridized carbons (Fsp3) is 0.238. The van der Waals surface area contributed by atoms with Crippen molar-refractivity contribution in [1.82, 2.24) is 24.8 Å². The second-order valence-electron chi connectivity index (χ2n) is 7.17. The van der Waals surface area contributed by atoms with E-state index in [0.29, 0.717) is 0 Å². The Hall–Kier alpha value is -3.68. The molecule has 1 N–H and O–H groups in total. The molecule has 1 fully saturated rings. The van der Waals surface area contributed by atoms with Crippen molar-refractivity contribution >= 4 is 17.0 Å². The summed E-state index contributed by atoms with van der Waals surface area (Å²) in [7, 11) is 0. The Kier molecular flexibility index (Phi) is 4.23. The van der Waals surface area contributed by atoms with Crippen molar-refractivity contribution < 1.29 is 0 Å². The molecule has 5 rings (SSSR count). The number of nitrogens with zero attached hydrogens (tertiary/aromatic N) is 6. The van der Waals surface area contributed by atoms with E-state index in [1.807, 2.05) is 48.0 Å². The summed E-state index contributed by atoms with van der Waals surface area (Å²) in [5.41, 5.74) is 4.45. The quantitative estimate of drug-likeness (QED) is 0.580. The number of aryl methyl sites for hydroxylation is 1. The van der Waals surface area contributed by atoms with Gasteiger partial charge in [0.05, 0.1) is 11.4 Å². The van der Waals surface area contributed by atoms with Crippen LogP contribution in [0.15, 0.2) is 59.7 Å². The summed E-state index contributed by atoms with van der Waals surface area (Å²) in [5.74, 6) is 0.945. The van der Waals surface area contributed by atoms with Gasteiger partial charge in [0.2, 0.25) is 0 Å². The molecule has 0 radical (unpaired) electrons. The number of nitrogens with one attached hydrogen (secondary N) is 1. The zero-order valence-electron chi connectivity index (χ0n) is 16.1. The van der Waals surface area contributed by atoms with E-state index >= 15 is 0 Å². The van der Waals surface area contributed by atoms with E-state index < -0.39 is 0 Å². The van der Waals surface area contributed by atoms with Crippen LogP contribution < -0.4 is 15.4 Å². The molecule has 1 aliphatic rings. The molecular weight excluding hydrogens is 366 g/mol. The highest BCUT2D eigenvalue weighted by Crippen LogP contribution is 2.29. The highest BCUT2D eigenvalue weighted by molar-refractivity contribution is 5.75. The van der Waals surface area contributed by atoms with E-state index in [0.717, 1.165) is 60.2 Å². The van der Waals surface area contributed by atoms with Gasteiger partial charge in [0.15, 0.2) is 5.82 Å². The lowest BCUT2D eigenvalue weighted by Crippen LogP contribution is -2.47. The molecule has 8 heteroatoms. The van der Waals surface area contributed by atoms with Crippen LogP contribution in [0.2, 0.25) is 0 Å². The number of hydrogen-bond acceptors (Lipinski definition) is 6. The minimum Gasteiger partial charge on any atom is -0.366 e. The highest BCUT2D eigenvalue weighted by Gasteiger charge is 2.23. The molecule has 4 heterocycles. The Morgan fingerprint density at radius 2 is 1.76 bits per heavy atom. The van der Waals surface area contributed by atoms with Crippen LogP contribution in [-0.2, 0) is 0 Å². The molecule has 4 aromatic rings. The first-order valence-electron chi connectivity index (χ1n) is 9.65. The van der Waals surface area contributed by atoms with Crippen LogP contribution in [0.1, 0.15) is 5.69 Å². The van der Waals surface area contributed by atoms with Crippen molar-refractivity contribution in [1.29, 1.82) is 0 Å². The van der Waals surface area contributed by atoms with E-state index in [2.05, 4.69) is 36.1 Å². The maximum atomic E-state index is 12.0. The first-order chi connectivity index (χ1) is 14.2. The van der Waals surface area contributed by atoms with Gasteiger partial charge in [-0.3, -0.25) is 4.79 Å². The Morgan fingerprint density at radius 3 is 2.55 bits per heavy atom.